The van der Waals surface area contributed by atoms with Gasteiger partial charge in [0.05, 0.1) is 6.04 Å². The summed E-state index contributed by atoms with van der Waals surface area (Å²) in [6, 6.07) is 0.0819. The van der Waals surface area contributed by atoms with Gasteiger partial charge in [0.2, 0.25) is 5.91 Å². The second-order valence-electron chi connectivity index (χ2n) is 4.50. The summed E-state index contributed by atoms with van der Waals surface area (Å²) in [4.78, 5) is 11.4. The van der Waals surface area contributed by atoms with Gasteiger partial charge in [0.25, 0.3) is 0 Å². The van der Waals surface area contributed by atoms with Gasteiger partial charge < -0.3 is 11.1 Å². The lowest BCUT2D eigenvalue weighted by atomic mass is 10.1. The van der Waals surface area contributed by atoms with Crippen LogP contribution in [0, 0.1) is 11.8 Å². The molecule has 1 amide bonds. The highest BCUT2D eigenvalue weighted by atomic mass is 16.2. The fraction of sp³-hybridized carbons (Fsp3) is 0.900. The number of carbonyl (C=O) groups excluding carboxylic acids is 1. The smallest absolute Gasteiger partial charge is 0.236 e. The van der Waals surface area contributed by atoms with Gasteiger partial charge in [-0.05, 0) is 44.4 Å². The van der Waals surface area contributed by atoms with Gasteiger partial charge in [0.15, 0.2) is 0 Å². The van der Waals surface area contributed by atoms with Crippen molar-refractivity contribution in [3.05, 3.63) is 0 Å². The Morgan fingerprint density at radius 3 is 2.08 bits per heavy atom. The molecule has 2 fully saturated rings. The van der Waals surface area contributed by atoms with E-state index in [0.29, 0.717) is 6.04 Å². The van der Waals surface area contributed by atoms with Gasteiger partial charge in [-0.25, -0.2) is 0 Å². The molecule has 0 aromatic carbocycles. The average Bonchev–Trinajstić information content (AvgIpc) is 2.90. The number of rotatable bonds is 4. The van der Waals surface area contributed by atoms with Gasteiger partial charge in [-0.2, -0.15) is 0 Å². The summed E-state index contributed by atoms with van der Waals surface area (Å²) in [6.07, 6.45) is 5.17. The van der Waals surface area contributed by atoms with E-state index in [0.717, 1.165) is 11.8 Å². The minimum Gasteiger partial charge on any atom is -0.351 e. The monoisotopic (exact) mass is 182 g/mol. The van der Waals surface area contributed by atoms with Crippen LogP contribution in [-0.2, 0) is 4.79 Å². The highest BCUT2D eigenvalue weighted by molar-refractivity contribution is 5.81. The molecule has 0 radical (unpaired) electrons. The van der Waals surface area contributed by atoms with Crippen LogP contribution in [0.1, 0.15) is 32.6 Å². The molecule has 2 rings (SSSR count). The van der Waals surface area contributed by atoms with E-state index in [1.807, 2.05) is 0 Å². The minimum atomic E-state index is -0.361. The maximum absolute atomic E-state index is 11.4. The Morgan fingerprint density at radius 2 is 1.77 bits per heavy atom. The topological polar surface area (TPSA) is 55.1 Å². The molecule has 3 heteroatoms. The summed E-state index contributed by atoms with van der Waals surface area (Å²) in [5.74, 6) is 1.54. The quantitative estimate of drug-likeness (QED) is 0.670. The standard InChI is InChI=1S/C10H18N2O/c1-6(11)10(13)12-9(7-2-3-7)8-4-5-8/h6-9H,2-5,11H2,1H3,(H,12,13). The molecule has 74 valence electrons. The Kier molecular flexibility index (Phi) is 2.28. The molecule has 2 saturated carbocycles. The second-order valence-corrected chi connectivity index (χ2v) is 4.50. The average molecular weight is 182 g/mol. The highest BCUT2D eigenvalue weighted by Gasteiger charge is 2.42. The molecule has 13 heavy (non-hydrogen) atoms. The zero-order valence-electron chi connectivity index (χ0n) is 8.12. The maximum Gasteiger partial charge on any atom is 0.236 e. The molecule has 1 unspecified atom stereocenters. The molecule has 1 atom stereocenters. The van der Waals surface area contributed by atoms with Crippen LogP contribution in [0.4, 0.5) is 0 Å². The lowest BCUT2D eigenvalue weighted by Gasteiger charge is -2.18. The van der Waals surface area contributed by atoms with Gasteiger partial charge in [0.1, 0.15) is 0 Å². The molecule has 0 aromatic rings. The first-order valence-corrected chi connectivity index (χ1v) is 5.24. The molecule has 0 aromatic heterocycles. The second kappa shape index (κ2) is 3.29. The number of nitrogens with two attached hydrogens (primary N) is 1. The van der Waals surface area contributed by atoms with Gasteiger partial charge in [-0.1, -0.05) is 0 Å². The molecule has 0 aliphatic heterocycles. The first-order valence-electron chi connectivity index (χ1n) is 5.24. The van der Waals surface area contributed by atoms with Gasteiger partial charge in [-0.15, -0.1) is 0 Å². The molecule has 3 nitrogen and oxygen atoms in total. The highest BCUT2D eigenvalue weighted by Crippen LogP contribution is 2.44. The molecule has 0 heterocycles. The van der Waals surface area contributed by atoms with E-state index in [4.69, 9.17) is 5.73 Å². The van der Waals surface area contributed by atoms with Crippen LogP contribution in [0.5, 0.6) is 0 Å². The van der Waals surface area contributed by atoms with E-state index >= 15 is 0 Å². The largest absolute Gasteiger partial charge is 0.351 e. The molecule has 0 saturated heterocycles. The first kappa shape index (κ1) is 9.00. The van der Waals surface area contributed by atoms with Gasteiger partial charge in [-0.3, -0.25) is 4.79 Å². The van der Waals surface area contributed by atoms with E-state index in [9.17, 15) is 4.79 Å². The van der Waals surface area contributed by atoms with Crippen molar-refractivity contribution in [2.75, 3.05) is 0 Å². The molecule has 0 spiro atoms. The van der Waals surface area contributed by atoms with E-state index in [2.05, 4.69) is 5.32 Å². The van der Waals surface area contributed by atoms with Crippen molar-refractivity contribution in [1.82, 2.24) is 5.32 Å². The first-order chi connectivity index (χ1) is 6.18. The Labute approximate surface area is 79.1 Å². The minimum absolute atomic E-state index is 0.0174. The van der Waals surface area contributed by atoms with Crippen LogP contribution in [0.15, 0.2) is 0 Å². The van der Waals surface area contributed by atoms with Crippen molar-refractivity contribution in [2.45, 2.75) is 44.7 Å². The van der Waals surface area contributed by atoms with Crippen LogP contribution in [0.3, 0.4) is 0 Å². The summed E-state index contributed by atoms with van der Waals surface area (Å²) in [5.41, 5.74) is 5.51. The number of hydrogen-bond acceptors (Lipinski definition) is 2. The molecule has 0 bridgehead atoms. The van der Waals surface area contributed by atoms with E-state index in [-0.39, 0.29) is 11.9 Å². The number of carbonyl (C=O) groups is 1. The molecule has 2 aliphatic rings. The van der Waals surface area contributed by atoms with Crippen molar-refractivity contribution >= 4 is 5.91 Å². The number of hydrogen-bond donors (Lipinski definition) is 2. The third-order valence-corrected chi connectivity index (χ3v) is 2.98. The third kappa shape index (κ3) is 2.21. The van der Waals surface area contributed by atoms with Crippen molar-refractivity contribution in [2.24, 2.45) is 17.6 Å². The molecule has 3 N–H and O–H groups in total. The van der Waals surface area contributed by atoms with Crippen LogP contribution in [-0.4, -0.2) is 18.0 Å². The van der Waals surface area contributed by atoms with Crippen LogP contribution in [0.2, 0.25) is 0 Å². The Morgan fingerprint density at radius 1 is 1.31 bits per heavy atom. The van der Waals surface area contributed by atoms with E-state index < -0.39 is 0 Å². The summed E-state index contributed by atoms with van der Waals surface area (Å²) >= 11 is 0. The Balaban J connectivity index is 1.85. The fourth-order valence-corrected chi connectivity index (χ4v) is 1.83. The van der Waals surface area contributed by atoms with Crippen molar-refractivity contribution in [3.8, 4) is 0 Å². The third-order valence-electron chi connectivity index (χ3n) is 2.98. The lowest BCUT2D eigenvalue weighted by molar-refractivity contribution is -0.123. The number of nitrogens with one attached hydrogen (secondary N) is 1. The summed E-state index contributed by atoms with van der Waals surface area (Å²) < 4.78 is 0. The van der Waals surface area contributed by atoms with Crippen molar-refractivity contribution in [1.29, 1.82) is 0 Å². The van der Waals surface area contributed by atoms with Crippen molar-refractivity contribution < 1.29 is 4.79 Å². The summed E-state index contributed by atoms with van der Waals surface area (Å²) in [5, 5.41) is 3.08. The predicted molar refractivity (Wildman–Crippen MR) is 51.0 cm³/mol. The normalized spacial score (nSPS) is 24.5. The zero-order chi connectivity index (χ0) is 9.42. The molecular formula is C10H18N2O. The maximum atomic E-state index is 11.4. The van der Waals surface area contributed by atoms with Crippen LogP contribution in [0.25, 0.3) is 0 Å². The predicted octanol–water partition coefficient (Wildman–Crippen LogP) is 0.638. The molecular weight excluding hydrogens is 164 g/mol. The Bertz CT molecular complexity index is 195. The fourth-order valence-electron chi connectivity index (χ4n) is 1.83. The zero-order valence-corrected chi connectivity index (χ0v) is 8.12. The van der Waals surface area contributed by atoms with Gasteiger partial charge in [0, 0.05) is 6.04 Å². The summed E-state index contributed by atoms with van der Waals surface area (Å²) in [7, 11) is 0. The summed E-state index contributed by atoms with van der Waals surface area (Å²) in [6.45, 7) is 1.74. The lowest BCUT2D eigenvalue weighted by Crippen LogP contribution is -2.45. The Hall–Kier alpha value is -0.570. The van der Waals surface area contributed by atoms with Crippen molar-refractivity contribution in [3.63, 3.8) is 0 Å². The molecule has 2 aliphatic carbocycles. The van der Waals surface area contributed by atoms with E-state index in [1.165, 1.54) is 25.7 Å². The van der Waals surface area contributed by atoms with Crippen LogP contribution < -0.4 is 11.1 Å². The SMILES string of the molecule is CC(N)C(=O)NC(C1CC1)C1CC1. The van der Waals surface area contributed by atoms with Gasteiger partial charge >= 0.3 is 0 Å². The van der Waals surface area contributed by atoms with E-state index in [1.54, 1.807) is 6.92 Å². The van der Waals surface area contributed by atoms with Crippen LogP contribution >= 0.6 is 0 Å². The number of amides is 1.